The van der Waals surface area contributed by atoms with Gasteiger partial charge in [-0.1, -0.05) is 6.92 Å². The molecule has 1 atom stereocenters. The van der Waals surface area contributed by atoms with Crippen molar-refractivity contribution in [2.45, 2.75) is 38.9 Å². The maximum atomic E-state index is 9.07. The molecule has 0 bridgehead atoms. The van der Waals surface area contributed by atoms with E-state index in [1.165, 1.54) is 0 Å². The van der Waals surface area contributed by atoms with Crippen molar-refractivity contribution in [3.63, 3.8) is 0 Å². The van der Waals surface area contributed by atoms with Crippen molar-refractivity contribution in [1.29, 1.82) is 5.41 Å². The number of rotatable bonds is 2. The summed E-state index contributed by atoms with van der Waals surface area (Å²) in [6.07, 6.45) is 0.569. The van der Waals surface area contributed by atoms with Gasteiger partial charge < -0.3 is 14.7 Å². The number of nitrogens with one attached hydrogen (secondary N) is 1. The third-order valence-electron chi connectivity index (χ3n) is 2.40. The van der Waals surface area contributed by atoms with Crippen LogP contribution in [-0.2, 0) is 4.74 Å². The number of nitrogens with zero attached hydrogens (tertiary/aromatic N) is 1. The van der Waals surface area contributed by atoms with Gasteiger partial charge in [-0.2, -0.15) is 0 Å². The van der Waals surface area contributed by atoms with Gasteiger partial charge in [0.15, 0.2) is 0 Å². The Balaban J connectivity index is 2.65. The second kappa shape index (κ2) is 4.28. The van der Waals surface area contributed by atoms with E-state index in [2.05, 4.69) is 0 Å². The number of ether oxygens (including phenoxy) is 1. The van der Waals surface area contributed by atoms with Gasteiger partial charge >= 0.3 is 0 Å². The number of hydrogen-bond donors (Lipinski definition) is 2. The predicted molar refractivity (Wildman–Crippen MR) is 55.6 cm³/mol. The first-order chi connectivity index (χ1) is 6.48. The van der Waals surface area contributed by atoms with E-state index in [9.17, 15) is 0 Å². The van der Waals surface area contributed by atoms with Crippen molar-refractivity contribution in [2.75, 3.05) is 19.7 Å². The highest BCUT2D eigenvalue weighted by Crippen LogP contribution is 2.21. The minimum absolute atomic E-state index is 0.0247. The van der Waals surface area contributed by atoms with Gasteiger partial charge in [0.05, 0.1) is 24.1 Å². The maximum Gasteiger partial charge on any atom is 0.0988 e. The molecule has 0 amide bonds. The van der Waals surface area contributed by atoms with Gasteiger partial charge in [-0.05, 0) is 13.8 Å². The van der Waals surface area contributed by atoms with Crippen LogP contribution in [0.15, 0.2) is 0 Å². The third-order valence-corrected chi connectivity index (χ3v) is 2.40. The van der Waals surface area contributed by atoms with Gasteiger partial charge in [-0.25, -0.2) is 0 Å². The predicted octanol–water partition coefficient (Wildman–Crippen LogP) is 0.845. The maximum absolute atomic E-state index is 9.07. The third kappa shape index (κ3) is 2.69. The number of aliphatic hydroxyl groups is 1. The van der Waals surface area contributed by atoms with Gasteiger partial charge in [0.2, 0.25) is 0 Å². The Kier molecular flexibility index (Phi) is 3.50. The summed E-state index contributed by atoms with van der Waals surface area (Å²) >= 11 is 0. The fourth-order valence-electron chi connectivity index (χ4n) is 1.82. The molecule has 0 aromatic heterocycles. The van der Waals surface area contributed by atoms with E-state index in [0.717, 1.165) is 13.0 Å². The number of morpholine rings is 1. The molecule has 82 valence electrons. The Labute approximate surface area is 85.4 Å². The van der Waals surface area contributed by atoms with Crippen molar-refractivity contribution in [1.82, 2.24) is 4.90 Å². The second-order valence-corrected chi connectivity index (χ2v) is 4.36. The van der Waals surface area contributed by atoms with Crippen LogP contribution in [0.3, 0.4) is 0 Å². The molecule has 0 aromatic rings. The SMILES string of the molecule is CCC(=N)N1CC(CO)OC(C)(C)C1. The summed E-state index contributed by atoms with van der Waals surface area (Å²) in [6.45, 7) is 7.34. The summed E-state index contributed by atoms with van der Waals surface area (Å²) < 4.78 is 5.66. The normalized spacial score (nSPS) is 26.3. The molecule has 4 nitrogen and oxygen atoms in total. The van der Waals surface area contributed by atoms with Gasteiger partial charge in [-0.3, -0.25) is 5.41 Å². The zero-order chi connectivity index (χ0) is 10.8. The highest BCUT2D eigenvalue weighted by molar-refractivity contribution is 5.79. The van der Waals surface area contributed by atoms with Crippen LogP contribution in [0.1, 0.15) is 27.2 Å². The van der Waals surface area contributed by atoms with Crippen LogP contribution in [0.5, 0.6) is 0 Å². The average Bonchev–Trinajstić information content (AvgIpc) is 2.14. The van der Waals surface area contributed by atoms with Gasteiger partial charge in [-0.15, -0.1) is 0 Å². The lowest BCUT2D eigenvalue weighted by Gasteiger charge is -2.43. The van der Waals surface area contributed by atoms with E-state index in [0.29, 0.717) is 12.4 Å². The van der Waals surface area contributed by atoms with Gasteiger partial charge in [0.25, 0.3) is 0 Å². The molecule has 4 heteroatoms. The summed E-state index contributed by atoms with van der Waals surface area (Å²) in [5.74, 6) is 0.625. The lowest BCUT2D eigenvalue weighted by atomic mass is 10.0. The minimum atomic E-state index is -0.271. The Hall–Kier alpha value is -0.610. The number of amidine groups is 1. The molecule has 0 aliphatic carbocycles. The molecule has 14 heavy (non-hydrogen) atoms. The highest BCUT2D eigenvalue weighted by Gasteiger charge is 2.33. The summed E-state index contributed by atoms with van der Waals surface area (Å²) in [7, 11) is 0. The molecular weight excluding hydrogens is 180 g/mol. The lowest BCUT2D eigenvalue weighted by Crippen LogP contribution is -2.55. The zero-order valence-electron chi connectivity index (χ0n) is 9.21. The molecule has 1 aliphatic rings. The highest BCUT2D eigenvalue weighted by atomic mass is 16.5. The molecule has 2 N–H and O–H groups in total. The first-order valence-electron chi connectivity index (χ1n) is 5.09. The molecule has 0 aromatic carbocycles. The largest absolute Gasteiger partial charge is 0.394 e. The minimum Gasteiger partial charge on any atom is -0.394 e. The average molecular weight is 200 g/mol. The van der Waals surface area contributed by atoms with E-state index in [1.54, 1.807) is 0 Å². The van der Waals surface area contributed by atoms with Gasteiger partial charge in [0, 0.05) is 19.5 Å². The second-order valence-electron chi connectivity index (χ2n) is 4.36. The molecule has 0 radical (unpaired) electrons. The van der Waals surface area contributed by atoms with Crippen LogP contribution in [-0.4, -0.2) is 47.2 Å². The monoisotopic (exact) mass is 200 g/mol. The molecule has 1 saturated heterocycles. The first-order valence-corrected chi connectivity index (χ1v) is 5.09. The number of hydrogen-bond acceptors (Lipinski definition) is 3. The Morgan fingerprint density at radius 3 is 2.79 bits per heavy atom. The van der Waals surface area contributed by atoms with Crippen molar-refractivity contribution in [2.24, 2.45) is 0 Å². The van der Waals surface area contributed by atoms with Crippen molar-refractivity contribution in [3.05, 3.63) is 0 Å². The summed E-state index contributed by atoms with van der Waals surface area (Å²) in [5.41, 5.74) is -0.271. The topological polar surface area (TPSA) is 56.6 Å². The molecular formula is C10H20N2O2. The van der Waals surface area contributed by atoms with Crippen molar-refractivity contribution in [3.8, 4) is 0 Å². The first kappa shape index (κ1) is 11.5. The van der Waals surface area contributed by atoms with E-state index < -0.39 is 0 Å². The summed E-state index contributed by atoms with van der Waals surface area (Å²) in [4.78, 5) is 1.99. The Morgan fingerprint density at radius 2 is 2.29 bits per heavy atom. The van der Waals surface area contributed by atoms with Crippen LogP contribution in [0.25, 0.3) is 0 Å². The zero-order valence-corrected chi connectivity index (χ0v) is 9.21. The quantitative estimate of drug-likeness (QED) is 0.513. The lowest BCUT2D eigenvalue weighted by molar-refractivity contribution is -0.135. The fourth-order valence-corrected chi connectivity index (χ4v) is 1.82. The smallest absolute Gasteiger partial charge is 0.0988 e. The van der Waals surface area contributed by atoms with Crippen LogP contribution < -0.4 is 0 Å². The standard InChI is InChI=1S/C10H20N2O2/c1-4-9(11)12-5-8(6-13)14-10(2,3)7-12/h8,11,13H,4-7H2,1-3H3. The Bertz CT molecular complexity index is 216. The van der Waals surface area contributed by atoms with E-state index in [4.69, 9.17) is 15.3 Å². The molecule has 1 heterocycles. The van der Waals surface area contributed by atoms with Crippen LogP contribution in [0.4, 0.5) is 0 Å². The summed E-state index contributed by atoms with van der Waals surface area (Å²) in [6, 6.07) is 0. The molecule has 1 aliphatic heterocycles. The van der Waals surface area contributed by atoms with E-state index in [1.807, 2.05) is 25.7 Å². The van der Waals surface area contributed by atoms with Crippen molar-refractivity contribution < 1.29 is 9.84 Å². The number of aliphatic hydroxyl groups excluding tert-OH is 1. The van der Waals surface area contributed by atoms with Crippen molar-refractivity contribution >= 4 is 5.84 Å². The Morgan fingerprint density at radius 1 is 1.64 bits per heavy atom. The molecule has 1 fully saturated rings. The van der Waals surface area contributed by atoms with Crippen LogP contribution in [0, 0.1) is 5.41 Å². The summed E-state index contributed by atoms with van der Waals surface area (Å²) in [5, 5.41) is 16.8. The van der Waals surface area contributed by atoms with Crippen LogP contribution in [0.2, 0.25) is 0 Å². The molecule has 1 unspecified atom stereocenters. The van der Waals surface area contributed by atoms with E-state index >= 15 is 0 Å². The molecule has 0 spiro atoms. The van der Waals surface area contributed by atoms with E-state index in [-0.39, 0.29) is 18.3 Å². The molecule has 1 rings (SSSR count). The van der Waals surface area contributed by atoms with Gasteiger partial charge in [0.1, 0.15) is 0 Å². The fraction of sp³-hybridized carbons (Fsp3) is 0.900. The molecule has 0 saturated carbocycles. The van der Waals surface area contributed by atoms with Crippen LogP contribution >= 0.6 is 0 Å².